The lowest BCUT2D eigenvalue weighted by atomic mass is 10.1. The largest absolute Gasteiger partial charge is 0.376 e. The predicted octanol–water partition coefficient (Wildman–Crippen LogP) is 3.52. The number of hydrogen-bond acceptors (Lipinski definition) is 4. The van der Waals surface area contributed by atoms with Crippen LogP contribution in [0.1, 0.15) is 19.3 Å². The number of amides is 1. The first kappa shape index (κ1) is 14.5. The van der Waals surface area contributed by atoms with Crippen molar-refractivity contribution in [2.45, 2.75) is 19.3 Å². The molecule has 2 aliphatic rings. The number of carbonyl (C=O) groups excluding carboxylic acids is 1. The first-order chi connectivity index (χ1) is 10.1. The van der Waals surface area contributed by atoms with Crippen LogP contribution in [-0.2, 0) is 4.79 Å². The molecule has 0 bridgehead atoms. The van der Waals surface area contributed by atoms with E-state index >= 15 is 0 Å². The topological polar surface area (TPSA) is 23.6 Å². The summed E-state index contributed by atoms with van der Waals surface area (Å²) in [5.41, 5.74) is 0.612. The van der Waals surface area contributed by atoms with Crippen LogP contribution in [0.3, 0.4) is 0 Å². The van der Waals surface area contributed by atoms with Crippen molar-refractivity contribution in [3.8, 4) is 0 Å². The summed E-state index contributed by atoms with van der Waals surface area (Å²) in [6.07, 6.45) is 5.49. The Labute approximate surface area is 132 Å². The van der Waals surface area contributed by atoms with Crippen molar-refractivity contribution in [3.05, 3.63) is 41.2 Å². The highest BCUT2D eigenvalue weighted by Gasteiger charge is 2.33. The quantitative estimate of drug-likeness (QED) is 0.614. The molecule has 2 heterocycles. The van der Waals surface area contributed by atoms with Crippen molar-refractivity contribution >= 4 is 39.9 Å². The van der Waals surface area contributed by atoms with Crippen LogP contribution in [0, 0.1) is 5.82 Å². The summed E-state index contributed by atoms with van der Waals surface area (Å²) in [6.45, 7) is 1.97. The van der Waals surface area contributed by atoms with Crippen molar-refractivity contribution in [1.29, 1.82) is 0 Å². The highest BCUT2D eigenvalue weighted by molar-refractivity contribution is 8.27. The molecule has 3 rings (SSSR count). The Kier molecular flexibility index (Phi) is 4.26. The second-order valence-corrected chi connectivity index (χ2v) is 6.75. The molecule has 110 valence electrons. The number of nitrogens with zero attached hydrogens (tertiary/aromatic N) is 2. The molecule has 1 aromatic carbocycles. The zero-order valence-corrected chi connectivity index (χ0v) is 13.1. The van der Waals surface area contributed by atoms with Crippen LogP contribution in [-0.4, -0.2) is 28.2 Å². The molecule has 3 nitrogen and oxygen atoms in total. The third kappa shape index (κ3) is 3.11. The molecule has 0 N–H and O–H groups in total. The molecule has 2 fully saturated rings. The number of piperidine rings is 1. The van der Waals surface area contributed by atoms with Crippen LogP contribution in [0.25, 0.3) is 0 Å². The molecule has 21 heavy (non-hydrogen) atoms. The van der Waals surface area contributed by atoms with E-state index in [0.717, 1.165) is 25.9 Å². The molecule has 6 heteroatoms. The number of carbonyl (C=O) groups is 1. The number of anilines is 1. The number of thiocarbonyl (C=S) groups is 1. The number of halogens is 1. The van der Waals surface area contributed by atoms with Gasteiger partial charge in [0.2, 0.25) is 0 Å². The van der Waals surface area contributed by atoms with E-state index in [1.165, 1.54) is 35.2 Å². The van der Waals surface area contributed by atoms with E-state index in [1.54, 1.807) is 12.1 Å². The minimum Gasteiger partial charge on any atom is -0.376 e. The predicted molar refractivity (Wildman–Crippen MR) is 87.6 cm³/mol. The SMILES string of the molecule is O=C1C(=CN2CCCCC2)SC(=S)N1c1ccc(F)cc1. The lowest BCUT2D eigenvalue weighted by Gasteiger charge is -2.25. The second kappa shape index (κ2) is 6.15. The lowest BCUT2D eigenvalue weighted by Crippen LogP contribution is -2.29. The molecule has 2 saturated heterocycles. The molecule has 2 aliphatic heterocycles. The third-order valence-corrected chi connectivity index (χ3v) is 4.86. The first-order valence-electron chi connectivity index (χ1n) is 6.93. The molecule has 0 spiro atoms. The fraction of sp³-hybridized carbons (Fsp3) is 0.333. The summed E-state index contributed by atoms with van der Waals surface area (Å²) in [5, 5.41) is 0. The molecule has 1 aromatic rings. The second-order valence-electron chi connectivity index (χ2n) is 5.07. The highest BCUT2D eigenvalue weighted by atomic mass is 32.2. The zero-order valence-electron chi connectivity index (χ0n) is 11.4. The molecule has 0 unspecified atom stereocenters. The van der Waals surface area contributed by atoms with Crippen molar-refractivity contribution in [2.75, 3.05) is 18.0 Å². The summed E-state index contributed by atoms with van der Waals surface area (Å²) in [7, 11) is 0. The summed E-state index contributed by atoms with van der Waals surface area (Å²) in [5.74, 6) is -0.449. The van der Waals surface area contributed by atoms with Gasteiger partial charge in [-0.2, -0.15) is 0 Å². The van der Waals surface area contributed by atoms with Gasteiger partial charge in [-0.05, 0) is 43.5 Å². The average Bonchev–Trinajstić information content (AvgIpc) is 2.76. The van der Waals surface area contributed by atoms with Crippen molar-refractivity contribution in [2.24, 2.45) is 0 Å². The van der Waals surface area contributed by atoms with Gasteiger partial charge in [-0.3, -0.25) is 9.69 Å². The first-order valence-corrected chi connectivity index (χ1v) is 8.15. The Bertz CT molecular complexity index is 594. The zero-order chi connectivity index (χ0) is 14.8. The van der Waals surface area contributed by atoms with E-state index in [0.29, 0.717) is 14.9 Å². The standard InChI is InChI=1S/C15H15FN2OS2/c16-11-4-6-12(7-5-11)18-14(19)13(21-15(18)20)10-17-8-2-1-3-9-17/h4-7,10H,1-3,8-9H2. The molecule has 1 amide bonds. The summed E-state index contributed by atoms with van der Waals surface area (Å²) in [6, 6.07) is 5.82. The van der Waals surface area contributed by atoms with Gasteiger partial charge < -0.3 is 4.90 Å². The number of thioether (sulfide) groups is 1. The minimum absolute atomic E-state index is 0.123. The summed E-state index contributed by atoms with van der Waals surface area (Å²) >= 11 is 6.60. The smallest absolute Gasteiger partial charge is 0.272 e. The van der Waals surface area contributed by atoms with Gasteiger partial charge in [-0.1, -0.05) is 24.0 Å². The van der Waals surface area contributed by atoms with Crippen molar-refractivity contribution in [1.82, 2.24) is 4.90 Å². The van der Waals surface area contributed by atoms with E-state index in [-0.39, 0.29) is 11.7 Å². The summed E-state index contributed by atoms with van der Waals surface area (Å²) < 4.78 is 13.5. The maximum atomic E-state index is 13.0. The van der Waals surface area contributed by atoms with Gasteiger partial charge in [-0.15, -0.1) is 0 Å². The van der Waals surface area contributed by atoms with Crippen LogP contribution in [0.5, 0.6) is 0 Å². The van der Waals surface area contributed by atoms with Gasteiger partial charge >= 0.3 is 0 Å². The molecule has 0 aliphatic carbocycles. The van der Waals surface area contributed by atoms with Gasteiger partial charge in [-0.25, -0.2) is 4.39 Å². The minimum atomic E-state index is -0.326. The molecule has 0 saturated carbocycles. The third-order valence-electron chi connectivity index (χ3n) is 3.57. The average molecular weight is 322 g/mol. The van der Waals surface area contributed by atoms with Gasteiger partial charge in [0.25, 0.3) is 5.91 Å². The van der Waals surface area contributed by atoms with Crippen LogP contribution >= 0.6 is 24.0 Å². The van der Waals surface area contributed by atoms with E-state index in [1.807, 2.05) is 6.20 Å². The number of benzene rings is 1. The Morgan fingerprint density at radius 2 is 1.81 bits per heavy atom. The Morgan fingerprint density at radius 1 is 1.14 bits per heavy atom. The number of hydrogen-bond donors (Lipinski definition) is 0. The van der Waals surface area contributed by atoms with Crippen LogP contribution in [0.4, 0.5) is 10.1 Å². The van der Waals surface area contributed by atoms with E-state index in [2.05, 4.69) is 4.90 Å². The van der Waals surface area contributed by atoms with Gasteiger partial charge in [0.05, 0.1) is 10.6 Å². The van der Waals surface area contributed by atoms with Gasteiger partial charge in [0, 0.05) is 19.3 Å². The highest BCUT2D eigenvalue weighted by Crippen LogP contribution is 2.35. The molecular weight excluding hydrogens is 307 g/mol. The van der Waals surface area contributed by atoms with Gasteiger partial charge in [0.1, 0.15) is 5.82 Å². The van der Waals surface area contributed by atoms with Crippen LogP contribution < -0.4 is 4.90 Å². The van der Waals surface area contributed by atoms with Crippen LogP contribution in [0.2, 0.25) is 0 Å². The maximum Gasteiger partial charge on any atom is 0.272 e. The number of likely N-dealkylation sites (tertiary alicyclic amines) is 1. The lowest BCUT2D eigenvalue weighted by molar-refractivity contribution is -0.113. The van der Waals surface area contributed by atoms with Crippen LogP contribution in [0.15, 0.2) is 35.4 Å². The summed E-state index contributed by atoms with van der Waals surface area (Å²) in [4.78, 5) is 16.8. The molecular formula is C15H15FN2OS2. The molecule has 0 aromatic heterocycles. The Morgan fingerprint density at radius 3 is 2.48 bits per heavy atom. The van der Waals surface area contributed by atoms with E-state index < -0.39 is 0 Å². The maximum absolute atomic E-state index is 13.0. The molecule has 0 radical (unpaired) electrons. The monoisotopic (exact) mass is 322 g/mol. The number of rotatable bonds is 2. The fourth-order valence-electron chi connectivity index (χ4n) is 2.48. The van der Waals surface area contributed by atoms with E-state index in [4.69, 9.17) is 12.2 Å². The Hall–Kier alpha value is -1.40. The van der Waals surface area contributed by atoms with E-state index in [9.17, 15) is 9.18 Å². The van der Waals surface area contributed by atoms with Crippen molar-refractivity contribution < 1.29 is 9.18 Å². The fourth-order valence-corrected chi connectivity index (χ4v) is 3.79. The van der Waals surface area contributed by atoms with Crippen molar-refractivity contribution in [3.63, 3.8) is 0 Å². The molecule has 0 atom stereocenters. The normalized spacial score (nSPS) is 21.5. The Balaban J connectivity index is 1.81. The van der Waals surface area contributed by atoms with Gasteiger partial charge in [0.15, 0.2) is 4.32 Å².